The van der Waals surface area contributed by atoms with Crippen LogP contribution in [0.3, 0.4) is 0 Å². The molecule has 1 aromatic heterocycles. The maximum absolute atomic E-state index is 15.3. The fourth-order valence-corrected chi connectivity index (χ4v) is 9.21. The first-order valence-electron chi connectivity index (χ1n) is 16.8. The van der Waals surface area contributed by atoms with Gasteiger partial charge in [-0.25, -0.2) is 4.98 Å². The summed E-state index contributed by atoms with van der Waals surface area (Å²) in [4.78, 5) is 63.3. The van der Waals surface area contributed by atoms with Crippen molar-refractivity contribution in [3.05, 3.63) is 129 Å². The van der Waals surface area contributed by atoms with E-state index < -0.39 is 69.5 Å². The molecule has 2 saturated heterocycles. The van der Waals surface area contributed by atoms with E-state index in [-0.39, 0.29) is 30.3 Å². The second-order valence-corrected chi connectivity index (χ2v) is 14.6. The molecule has 4 amide bonds. The minimum atomic E-state index is -4.75. The predicted octanol–water partition coefficient (Wildman–Crippen LogP) is 7.61. The number of hydrogen-bond donors (Lipinski definition) is 2. The van der Waals surface area contributed by atoms with Crippen molar-refractivity contribution in [2.24, 2.45) is 23.7 Å². The molecule has 2 aliphatic carbocycles. The Kier molecular flexibility index (Phi) is 8.19. The molecule has 0 radical (unpaired) electrons. The number of rotatable bonds is 5. The number of allylic oxidation sites excluding steroid dienone is 2. The molecular formula is C39H29Cl2F3N4O5. The largest absolute Gasteiger partial charge is 0.507 e. The number of phenolic OH excluding ortho intramolecular Hbond substituents is 1. The van der Waals surface area contributed by atoms with Crippen molar-refractivity contribution in [2.75, 3.05) is 10.3 Å². The molecule has 6 unspecified atom stereocenters. The van der Waals surface area contributed by atoms with Crippen LogP contribution in [0, 0.1) is 30.6 Å². The molecule has 3 fully saturated rings. The molecule has 3 heterocycles. The molecule has 2 N–H and O–H groups in total. The molecule has 1 saturated carbocycles. The number of carbonyl (C=O) groups excluding carboxylic acids is 4. The zero-order valence-corrected chi connectivity index (χ0v) is 29.3. The van der Waals surface area contributed by atoms with E-state index in [1.165, 1.54) is 4.90 Å². The number of nitrogens with zero attached hydrogens (tertiary/aromatic N) is 3. The number of para-hydroxylation sites is 2. The van der Waals surface area contributed by atoms with Crippen LogP contribution in [-0.4, -0.2) is 38.7 Å². The van der Waals surface area contributed by atoms with Gasteiger partial charge in [-0.3, -0.25) is 29.5 Å². The summed E-state index contributed by atoms with van der Waals surface area (Å²) in [6.07, 6.45) is -2.23. The molecular weight excluding hydrogens is 732 g/mol. The molecule has 270 valence electrons. The predicted molar refractivity (Wildman–Crippen MR) is 189 cm³/mol. The van der Waals surface area contributed by atoms with Crippen LogP contribution in [0.4, 0.5) is 24.7 Å². The third-order valence-corrected chi connectivity index (χ3v) is 11.7. The quantitative estimate of drug-likeness (QED) is 0.159. The molecule has 6 atom stereocenters. The maximum atomic E-state index is 15.3. The van der Waals surface area contributed by atoms with Gasteiger partial charge in [0.25, 0.3) is 11.8 Å². The van der Waals surface area contributed by atoms with Gasteiger partial charge < -0.3 is 5.11 Å². The van der Waals surface area contributed by atoms with E-state index in [0.717, 1.165) is 0 Å². The van der Waals surface area contributed by atoms with Crippen molar-refractivity contribution >= 4 is 58.3 Å². The van der Waals surface area contributed by atoms with Crippen LogP contribution in [0.5, 0.6) is 5.75 Å². The number of pyridine rings is 1. The number of anilines is 2. The Morgan fingerprint density at radius 2 is 1.62 bits per heavy atom. The Morgan fingerprint density at radius 1 is 0.906 bits per heavy atom. The molecule has 14 heteroatoms. The van der Waals surface area contributed by atoms with E-state index in [9.17, 15) is 32.7 Å². The van der Waals surface area contributed by atoms with Gasteiger partial charge in [0, 0.05) is 22.7 Å². The lowest BCUT2D eigenvalue weighted by Gasteiger charge is -2.50. The molecule has 4 aromatic rings. The Morgan fingerprint density at radius 3 is 2.30 bits per heavy atom. The summed E-state index contributed by atoms with van der Waals surface area (Å²) in [7, 11) is 0. The molecule has 53 heavy (non-hydrogen) atoms. The lowest BCUT2D eigenvalue weighted by molar-refractivity contribution is -0.139. The summed E-state index contributed by atoms with van der Waals surface area (Å²) >= 11 is 12.6. The summed E-state index contributed by atoms with van der Waals surface area (Å²) < 4.78 is 40.4. The Balaban J connectivity index is 1.32. The molecule has 4 aliphatic rings. The van der Waals surface area contributed by atoms with E-state index in [0.29, 0.717) is 50.2 Å². The smallest absolute Gasteiger partial charge is 0.417 e. The Labute approximate surface area is 311 Å². The molecule has 0 spiro atoms. The summed E-state index contributed by atoms with van der Waals surface area (Å²) in [5.74, 6) is -7.38. The van der Waals surface area contributed by atoms with E-state index in [1.807, 2.05) is 6.08 Å². The number of benzene rings is 3. The Hall–Kier alpha value is -5.20. The van der Waals surface area contributed by atoms with Crippen molar-refractivity contribution < 1.29 is 37.5 Å². The highest BCUT2D eigenvalue weighted by atomic mass is 35.5. The highest BCUT2D eigenvalue weighted by molar-refractivity contribution is 6.33. The average molecular weight is 762 g/mol. The number of phenols is 1. The minimum absolute atomic E-state index is 0.0444. The zero-order chi connectivity index (χ0) is 37.6. The van der Waals surface area contributed by atoms with Crippen LogP contribution >= 0.6 is 23.2 Å². The normalized spacial score (nSPS) is 26.7. The average Bonchev–Trinajstić information content (AvgIpc) is 3.51. The zero-order valence-electron chi connectivity index (χ0n) is 27.8. The summed E-state index contributed by atoms with van der Waals surface area (Å²) in [5, 5.41) is 12.3. The van der Waals surface area contributed by atoms with Gasteiger partial charge in [-0.05, 0) is 67.1 Å². The number of aromatic nitrogens is 1. The number of aryl methyl sites for hydroxylation is 1. The van der Waals surface area contributed by atoms with Crippen LogP contribution in [-0.2, 0) is 30.8 Å². The number of aromatic hydroxyl groups is 1. The van der Waals surface area contributed by atoms with Gasteiger partial charge in [0.15, 0.2) is 5.82 Å². The van der Waals surface area contributed by atoms with Gasteiger partial charge in [-0.1, -0.05) is 83.4 Å². The van der Waals surface area contributed by atoms with Gasteiger partial charge in [0.05, 0.1) is 39.4 Å². The van der Waals surface area contributed by atoms with Crippen LogP contribution in [0.2, 0.25) is 10.0 Å². The van der Waals surface area contributed by atoms with Gasteiger partial charge in [0.2, 0.25) is 11.8 Å². The molecule has 3 aromatic carbocycles. The van der Waals surface area contributed by atoms with Crippen molar-refractivity contribution in [3.63, 3.8) is 0 Å². The van der Waals surface area contributed by atoms with Gasteiger partial charge in [-0.2, -0.15) is 18.2 Å². The van der Waals surface area contributed by atoms with Gasteiger partial charge >= 0.3 is 6.18 Å². The number of imide groups is 2. The number of amides is 4. The standard InChI is InChI=1S/C39H29Cl2F3N4O5/c1-19-6-5-9-26(32(19)49)31-24-14-15-25-30(36(52)47(34(25)50)23-7-3-2-4-8-23)27(24)17-28-35(51)48(37(53)38(28,31)20-10-12-22(40)13-11-20)46-33-29(41)16-21(18-45-33)39(42,43)44/h2-14,16,18,25,27-28,30-31,49H,15,17H2,1H3,(H,45,46). The summed E-state index contributed by atoms with van der Waals surface area (Å²) in [6, 6.07) is 20.7. The summed E-state index contributed by atoms with van der Waals surface area (Å²) in [6.45, 7) is 1.70. The minimum Gasteiger partial charge on any atom is -0.507 e. The molecule has 0 bridgehead atoms. The van der Waals surface area contributed by atoms with E-state index >= 15 is 4.79 Å². The van der Waals surface area contributed by atoms with Gasteiger partial charge in [-0.15, -0.1) is 0 Å². The van der Waals surface area contributed by atoms with Crippen LogP contribution in [0.1, 0.15) is 41.0 Å². The van der Waals surface area contributed by atoms with Gasteiger partial charge in [0.1, 0.15) is 5.75 Å². The van der Waals surface area contributed by atoms with E-state index in [2.05, 4.69) is 10.4 Å². The van der Waals surface area contributed by atoms with Crippen LogP contribution < -0.4 is 10.3 Å². The fraction of sp³-hybridized carbons (Fsp3) is 0.256. The number of carbonyl (C=O) groups is 4. The SMILES string of the molecule is Cc1cccc(C2C3=CCC4C(=O)N(c5ccccc5)C(=O)C4C3CC3C(=O)N(Nc4ncc(C(F)(F)F)cc4Cl)C(=O)C32c2ccc(Cl)cc2)c1O. The number of hydrazine groups is 1. The highest BCUT2D eigenvalue weighted by Gasteiger charge is 2.70. The molecule has 2 aliphatic heterocycles. The monoisotopic (exact) mass is 760 g/mol. The number of hydrogen-bond acceptors (Lipinski definition) is 7. The van der Waals surface area contributed by atoms with Crippen molar-refractivity contribution in [1.82, 2.24) is 9.99 Å². The third kappa shape index (κ3) is 5.17. The first kappa shape index (κ1) is 34.9. The molecule has 8 rings (SSSR count). The number of fused-ring (bicyclic) bond motifs is 4. The summed E-state index contributed by atoms with van der Waals surface area (Å²) in [5.41, 5.74) is 1.95. The van der Waals surface area contributed by atoms with Crippen molar-refractivity contribution in [1.29, 1.82) is 0 Å². The second-order valence-electron chi connectivity index (χ2n) is 13.8. The Bertz CT molecular complexity index is 2250. The van der Waals surface area contributed by atoms with Crippen LogP contribution in [0.15, 0.2) is 96.7 Å². The number of alkyl halides is 3. The maximum Gasteiger partial charge on any atom is 0.417 e. The lowest BCUT2D eigenvalue weighted by Crippen LogP contribution is -2.53. The van der Waals surface area contributed by atoms with Crippen molar-refractivity contribution in [2.45, 2.75) is 37.3 Å². The number of halogens is 5. The van der Waals surface area contributed by atoms with Crippen molar-refractivity contribution in [3.8, 4) is 5.75 Å². The lowest BCUT2D eigenvalue weighted by atomic mass is 9.49. The van der Waals surface area contributed by atoms with E-state index in [4.69, 9.17) is 23.2 Å². The third-order valence-electron chi connectivity index (χ3n) is 11.2. The second kappa shape index (κ2) is 12.4. The highest BCUT2D eigenvalue weighted by Crippen LogP contribution is 2.65. The first-order valence-corrected chi connectivity index (χ1v) is 17.6. The topological polar surface area (TPSA) is 120 Å². The van der Waals surface area contributed by atoms with Crippen LogP contribution in [0.25, 0.3) is 0 Å². The van der Waals surface area contributed by atoms with E-state index in [1.54, 1.807) is 79.7 Å². The fourth-order valence-electron chi connectivity index (χ4n) is 8.87. The first-order chi connectivity index (χ1) is 25.2. The molecule has 9 nitrogen and oxygen atoms in total. The number of nitrogens with one attached hydrogen (secondary N) is 1.